The Labute approximate surface area is 164 Å². The van der Waals surface area contributed by atoms with E-state index in [0.717, 1.165) is 16.3 Å². The molecular formula is C24H22O4. The van der Waals surface area contributed by atoms with E-state index in [1.165, 1.54) is 6.92 Å². The maximum atomic E-state index is 12.3. The van der Waals surface area contributed by atoms with Crippen molar-refractivity contribution in [3.8, 4) is 5.75 Å². The van der Waals surface area contributed by atoms with Crippen LogP contribution in [-0.2, 0) is 20.9 Å². The van der Waals surface area contributed by atoms with Crippen LogP contribution in [0.15, 0.2) is 72.3 Å². The van der Waals surface area contributed by atoms with Crippen molar-refractivity contribution in [3.63, 3.8) is 0 Å². The lowest BCUT2D eigenvalue weighted by Gasteiger charge is -2.13. The molecule has 0 radical (unpaired) electrons. The van der Waals surface area contributed by atoms with E-state index >= 15 is 0 Å². The molecule has 3 aromatic rings. The molecule has 0 fully saturated rings. The number of esters is 1. The summed E-state index contributed by atoms with van der Waals surface area (Å²) in [7, 11) is 0. The Morgan fingerprint density at radius 2 is 1.64 bits per heavy atom. The molecule has 0 bridgehead atoms. The smallest absolute Gasteiger partial charge is 0.341 e. The van der Waals surface area contributed by atoms with Gasteiger partial charge in [0.2, 0.25) is 0 Å². The summed E-state index contributed by atoms with van der Waals surface area (Å²) >= 11 is 0. The van der Waals surface area contributed by atoms with E-state index in [9.17, 15) is 9.59 Å². The number of carbonyl (C=O) groups is 2. The van der Waals surface area contributed by atoms with Crippen molar-refractivity contribution in [1.82, 2.24) is 0 Å². The van der Waals surface area contributed by atoms with Crippen molar-refractivity contribution >= 4 is 28.6 Å². The number of ether oxygens (including phenoxy) is 2. The molecule has 0 aromatic heterocycles. The van der Waals surface area contributed by atoms with E-state index in [2.05, 4.69) is 0 Å². The molecule has 3 rings (SSSR count). The average Bonchev–Trinajstić information content (AvgIpc) is 2.71. The summed E-state index contributed by atoms with van der Waals surface area (Å²) in [6.45, 7) is 3.66. The first kappa shape index (κ1) is 19.4. The summed E-state index contributed by atoms with van der Waals surface area (Å²) in [6, 6.07) is 21.4. The molecule has 0 aliphatic carbocycles. The lowest BCUT2D eigenvalue weighted by atomic mass is 10.00. The van der Waals surface area contributed by atoms with Gasteiger partial charge in [-0.25, -0.2) is 4.79 Å². The quantitative estimate of drug-likeness (QED) is 0.254. The molecule has 28 heavy (non-hydrogen) atoms. The van der Waals surface area contributed by atoms with E-state index in [-0.39, 0.29) is 18.0 Å². The Morgan fingerprint density at radius 1 is 0.929 bits per heavy atom. The molecule has 0 heterocycles. The minimum atomic E-state index is -0.628. The molecule has 0 spiro atoms. The van der Waals surface area contributed by atoms with Crippen molar-refractivity contribution in [2.75, 3.05) is 6.61 Å². The van der Waals surface area contributed by atoms with Crippen LogP contribution in [0.3, 0.4) is 0 Å². The Balaban J connectivity index is 2.07. The van der Waals surface area contributed by atoms with Crippen LogP contribution in [0.2, 0.25) is 0 Å². The van der Waals surface area contributed by atoms with Gasteiger partial charge >= 0.3 is 5.97 Å². The van der Waals surface area contributed by atoms with Crippen LogP contribution < -0.4 is 4.74 Å². The third-order valence-electron chi connectivity index (χ3n) is 4.33. The fourth-order valence-electron chi connectivity index (χ4n) is 2.94. The third-order valence-corrected chi connectivity index (χ3v) is 4.33. The topological polar surface area (TPSA) is 52.6 Å². The van der Waals surface area contributed by atoms with Crippen LogP contribution in [0.4, 0.5) is 0 Å². The summed E-state index contributed by atoms with van der Waals surface area (Å²) in [4.78, 5) is 24.3. The number of ketones is 1. The normalized spacial score (nSPS) is 11.3. The van der Waals surface area contributed by atoms with Gasteiger partial charge in [0.05, 0.1) is 6.61 Å². The SMILES string of the molecule is CCOC(=O)C(=Cc1c(OCc2ccccc2)ccc2ccccc12)C(C)=O. The summed E-state index contributed by atoms with van der Waals surface area (Å²) in [5.41, 5.74) is 1.72. The average molecular weight is 374 g/mol. The van der Waals surface area contributed by atoms with E-state index in [1.54, 1.807) is 13.0 Å². The van der Waals surface area contributed by atoms with Crippen LogP contribution in [0.1, 0.15) is 25.0 Å². The molecule has 0 aliphatic heterocycles. The Hall–Kier alpha value is -3.40. The zero-order valence-corrected chi connectivity index (χ0v) is 16.0. The Kier molecular flexibility index (Phi) is 6.22. The number of fused-ring (bicyclic) bond motifs is 1. The van der Waals surface area contributed by atoms with E-state index in [1.807, 2.05) is 66.7 Å². The highest BCUT2D eigenvalue weighted by molar-refractivity contribution is 6.20. The van der Waals surface area contributed by atoms with Gasteiger partial charge in [0.15, 0.2) is 5.78 Å². The molecule has 0 unspecified atom stereocenters. The second-order valence-electron chi connectivity index (χ2n) is 6.31. The van der Waals surface area contributed by atoms with Crippen LogP contribution >= 0.6 is 0 Å². The van der Waals surface area contributed by atoms with Gasteiger partial charge in [-0.3, -0.25) is 4.79 Å². The number of Topliss-reactive ketones (excluding diaryl/α,β-unsaturated/α-hetero) is 1. The zero-order valence-electron chi connectivity index (χ0n) is 16.0. The zero-order chi connectivity index (χ0) is 19.9. The fourth-order valence-corrected chi connectivity index (χ4v) is 2.94. The molecule has 0 amide bonds. The number of benzene rings is 3. The molecule has 142 valence electrons. The monoisotopic (exact) mass is 374 g/mol. The summed E-state index contributed by atoms with van der Waals surface area (Å²) in [5, 5.41) is 1.89. The van der Waals surface area contributed by atoms with Gasteiger partial charge in [0.25, 0.3) is 0 Å². The largest absolute Gasteiger partial charge is 0.488 e. The van der Waals surface area contributed by atoms with Crippen LogP contribution in [0.25, 0.3) is 16.8 Å². The number of rotatable bonds is 7. The summed E-state index contributed by atoms with van der Waals surface area (Å²) < 4.78 is 11.1. The predicted octanol–water partition coefficient (Wildman–Crippen LogP) is 4.95. The number of hydrogen-bond donors (Lipinski definition) is 0. The summed E-state index contributed by atoms with van der Waals surface area (Å²) in [5.74, 6) is -0.372. The first-order valence-corrected chi connectivity index (χ1v) is 9.18. The first-order chi connectivity index (χ1) is 13.6. The standard InChI is InChI=1S/C24H22O4/c1-3-27-24(26)21(17(2)25)15-22-20-12-8-7-11-19(20)13-14-23(22)28-16-18-9-5-4-6-10-18/h4-15H,3,16H2,1-2H3. The molecule has 4 heteroatoms. The highest BCUT2D eigenvalue weighted by Crippen LogP contribution is 2.31. The highest BCUT2D eigenvalue weighted by atomic mass is 16.5. The number of carbonyl (C=O) groups excluding carboxylic acids is 2. The molecule has 0 saturated carbocycles. The van der Waals surface area contributed by atoms with Crippen molar-refractivity contribution in [1.29, 1.82) is 0 Å². The van der Waals surface area contributed by atoms with Gasteiger partial charge < -0.3 is 9.47 Å². The van der Waals surface area contributed by atoms with Crippen LogP contribution in [0.5, 0.6) is 5.75 Å². The lowest BCUT2D eigenvalue weighted by Crippen LogP contribution is -2.13. The van der Waals surface area contributed by atoms with E-state index < -0.39 is 5.97 Å². The molecular weight excluding hydrogens is 352 g/mol. The Morgan fingerprint density at radius 3 is 2.36 bits per heavy atom. The van der Waals surface area contributed by atoms with Gasteiger partial charge in [-0.05, 0) is 42.3 Å². The molecule has 4 nitrogen and oxygen atoms in total. The maximum absolute atomic E-state index is 12.3. The number of hydrogen-bond acceptors (Lipinski definition) is 4. The van der Waals surface area contributed by atoms with Crippen LogP contribution in [-0.4, -0.2) is 18.4 Å². The van der Waals surface area contributed by atoms with Crippen molar-refractivity contribution in [2.45, 2.75) is 20.5 Å². The van der Waals surface area contributed by atoms with Gasteiger partial charge in [-0.1, -0.05) is 60.7 Å². The van der Waals surface area contributed by atoms with Crippen molar-refractivity contribution in [2.24, 2.45) is 0 Å². The van der Waals surface area contributed by atoms with Crippen molar-refractivity contribution in [3.05, 3.63) is 83.4 Å². The minimum absolute atomic E-state index is 0.00256. The maximum Gasteiger partial charge on any atom is 0.341 e. The fraction of sp³-hybridized carbons (Fsp3) is 0.167. The molecule has 3 aromatic carbocycles. The first-order valence-electron chi connectivity index (χ1n) is 9.18. The molecule has 0 N–H and O–H groups in total. The van der Waals surface area contributed by atoms with E-state index in [4.69, 9.17) is 9.47 Å². The molecule has 0 aliphatic rings. The van der Waals surface area contributed by atoms with Crippen molar-refractivity contribution < 1.29 is 19.1 Å². The second-order valence-corrected chi connectivity index (χ2v) is 6.31. The summed E-state index contributed by atoms with van der Waals surface area (Å²) in [6.07, 6.45) is 1.57. The van der Waals surface area contributed by atoms with Gasteiger partial charge in [0.1, 0.15) is 17.9 Å². The van der Waals surface area contributed by atoms with E-state index in [0.29, 0.717) is 17.9 Å². The van der Waals surface area contributed by atoms with Gasteiger partial charge in [0, 0.05) is 5.56 Å². The minimum Gasteiger partial charge on any atom is -0.488 e. The molecule has 0 atom stereocenters. The van der Waals surface area contributed by atoms with Gasteiger partial charge in [-0.2, -0.15) is 0 Å². The highest BCUT2D eigenvalue weighted by Gasteiger charge is 2.18. The van der Waals surface area contributed by atoms with Crippen LogP contribution in [0, 0.1) is 0 Å². The molecule has 0 saturated heterocycles. The third kappa shape index (κ3) is 4.46. The predicted molar refractivity (Wildman–Crippen MR) is 110 cm³/mol. The van der Waals surface area contributed by atoms with Gasteiger partial charge in [-0.15, -0.1) is 0 Å². The second kappa shape index (κ2) is 9.00. The Bertz CT molecular complexity index is 1020. The lowest BCUT2D eigenvalue weighted by molar-refractivity contribution is -0.139.